The molecule has 0 atom stereocenters. The van der Waals surface area contributed by atoms with Crippen molar-refractivity contribution in [3.8, 4) is 6.07 Å². The second kappa shape index (κ2) is 10.00. The van der Waals surface area contributed by atoms with Gasteiger partial charge in [-0.25, -0.2) is 4.79 Å². The lowest BCUT2D eigenvalue weighted by molar-refractivity contribution is -0.112. The number of hydrogen-bond donors (Lipinski definition) is 2. The molecule has 2 N–H and O–H groups in total. The van der Waals surface area contributed by atoms with Gasteiger partial charge in [0.15, 0.2) is 0 Å². The van der Waals surface area contributed by atoms with Crippen molar-refractivity contribution in [2.75, 3.05) is 11.9 Å². The van der Waals surface area contributed by atoms with Crippen LogP contribution in [0.15, 0.2) is 60.3 Å². The molecule has 0 saturated heterocycles. The van der Waals surface area contributed by atoms with Gasteiger partial charge in [0.25, 0.3) is 5.91 Å². The molecule has 27 heavy (non-hydrogen) atoms. The summed E-state index contributed by atoms with van der Waals surface area (Å²) in [5, 5.41) is 15.3. The van der Waals surface area contributed by atoms with Crippen molar-refractivity contribution in [3.63, 3.8) is 0 Å². The molecule has 2 aromatic rings. The van der Waals surface area contributed by atoms with Crippen LogP contribution in [-0.4, -0.2) is 18.5 Å². The lowest BCUT2D eigenvalue weighted by Crippen LogP contribution is -2.16. The van der Waals surface area contributed by atoms with E-state index in [1.807, 2.05) is 6.07 Å². The molecule has 2 rings (SSSR count). The highest BCUT2D eigenvalue weighted by atomic mass is 35.5. The molecule has 0 fully saturated rings. The number of carbonyl (C=O) groups excluding carboxylic acids is 2. The molecule has 7 heteroatoms. The first kappa shape index (κ1) is 20.0. The number of carbonyl (C=O) groups is 2. The zero-order valence-corrected chi connectivity index (χ0v) is 15.4. The topological polar surface area (TPSA) is 91.2 Å². The van der Waals surface area contributed by atoms with E-state index in [1.54, 1.807) is 55.5 Å². The summed E-state index contributed by atoms with van der Waals surface area (Å²) >= 11 is 5.80. The van der Waals surface area contributed by atoms with Gasteiger partial charge in [0, 0.05) is 23.5 Å². The number of nitrogens with zero attached hydrogens (tertiary/aromatic N) is 1. The van der Waals surface area contributed by atoms with Crippen LogP contribution in [0.3, 0.4) is 0 Å². The van der Waals surface area contributed by atoms with Gasteiger partial charge in [-0.1, -0.05) is 23.7 Å². The Labute approximate surface area is 162 Å². The van der Waals surface area contributed by atoms with Crippen LogP contribution < -0.4 is 10.6 Å². The number of benzene rings is 2. The second-order valence-corrected chi connectivity index (χ2v) is 5.87. The number of hydrogen-bond acceptors (Lipinski definition) is 5. The Morgan fingerprint density at radius 2 is 1.81 bits per heavy atom. The summed E-state index contributed by atoms with van der Waals surface area (Å²) < 4.78 is 4.92. The summed E-state index contributed by atoms with van der Waals surface area (Å²) in [6.07, 6.45) is 1.35. The van der Waals surface area contributed by atoms with Gasteiger partial charge in [-0.15, -0.1) is 0 Å². The largest absolute Gasteiger partial charge is 0.462 e. The van der Waals surface area contributed by atoms with Crippen molar-refractivity contribution in [2.24, 2.45) is 0 Å². The van der Waals surface area contributed by atoms with Gasteiger partial charge < -0.3 is 15.4 Å². The van der Waals surface area contributed by atoms with E-state index in [1.165, 1.54) is 6.20 Å². The van der Waals surface area contributed by atoms with Crippen LogP contribution in [-0.2, 0) is 16.1 Å². The Morgan fingerprint density at radius 1 is 1.15 bits per heavy atom. The molecule has 1 amide bonds. The lowest BCUT2D eigenvalue weighted by atomic mass is 10.1. The van der Waals surface area contributed by atoms with Gasteiger partial charge in [0.1, 0.15) is 11.6 Å². The van der Waals surface area contributed by atoms with Crippen LogP contribution in [0.2, 0.25) is 5.02 Å². The number of anilines is 1. The molecule has 0 bridgehead atoms. The summed E-state index contributed by atoms with van der Waals surface area (Å²) in [6, 6.07) is 15.3. The number of nitrogens with one attached hydrogen (secondary N) is 2. The van der Waals surface area contributed by atoms with E-state index in [4.69, 9.17) is 16.3 Å². The molecule has 138 valence electrons. The monoisotopic (exact) mass is 383 g/mol. The normalized spacial score (nSPS) is 10.6. The molecule has 0 aliphatic rings. The minimum absolute atomic E-state index is 0.0620. The first-order valence-electron chi connectivity index (χ1n) is 8.20. The standard InChI is InChI=1S/C20H18ClN3O3/c1-2-27-20(26)15-5-3-14(4-6-15)12-23-13-16(11-22)19(25)24-18-9-7-17(21)8-10-18/h3-10,13,23H,2,12H2,1H3,(H,24,25)/b16-13-. The first-order valence-corrected chi connectivity index (χ1v) is 8.58. The summed E-state index contributed by atoms with van der Waals surface area (Å²) in [4.78, 5) is 23.7. The zero-order valence-electron chi connectivity index (χ0n) is 14.7. The number of rotatable bonds is 7. The van der Waals surface area contributed by atoms with Gasteiger partial charge in [-0.2, -0.15) is 5.26 Å². The molecule has 0 aromatic heterocycles. The first-order chi connectivity index (χ1) is 13.0. The van der Waals surface area contributed by atoms with E-state index in [2.05, 4.69) is 10.6 Å². The average molecular weight is 384 g/mol. The Balaban J connectivity index is 1.92. The van der Waals surface area contributed by atoms with E-state index in [9.17, 15) is 14.9 Å². The third-order valence-corrected chi connectivity index (χ3v) is 3.74. The molecular weight excluding hydrogens is 366 g/mol. The van der Waals surface area contributed by atoms with Crippen molar-refractivity contribution in [2.45, 2.75) is 13.5 Å². The number of amides is 1. The second-order valence-electron chi connectivity index (χ2n) is 5.43. The summed E-state index contributed by atoms with van der Waals surface area (Å²) in [7, 11) is 0. The van der Waals surface area contributed by atoms with Gasteiger partial charge in [-0.3, -0.25) is 4.79 Å². The fourth-order valence-corrected chi connectivity index (χ4v) is 2.25. The van der Waals surface area contributed by atoms with E-state index in [0.29, 0.717) is 29.4 Å². The Bertz CT molecular complexity index is 869. The number of esters is 1. The summed E-state index contributed by atoms with van der Waals surface area (Å²) in [5.41, 5.74) is 1.83. The molecule has 2 aromatic carbocycles. The van der Waals surface area contributed by atoms with Crippen LogP contribution in [0.4, 0.5) is 5.69 Å². The molecule has 0 saturated carbocycles. The van der Waals surface area contributed by atoms with Crippen LogP contribution in [0.25, 0.3) is 0 Å². The molecule has 0 heterocycles. The quantitative estimate of drug-likeness (QED) is 0.432. The predicted molar refractivity (Wildman–Crippen MR) is 103 cm³/mol. The Hall–Kier alpha value is -3.30. The molecule has 0 radical (unpaired) electrons. The van der Waals surface area contributed by atoms with Crippen LogP contribution in [0, 0.1) is 11.3 Å². The third-order valence-electron chi connectivity index (χ3n) is 3.48. The highest BCUT2D eigenvalue weighted by molar-refractivity contribution is 6.30. The highest BCUT2D eigenvalue weighted by Gasteiger charge is 2.09. The molecule has 0 aliphatic carbocycles. The minimum atomic E-state index is -0.523. The summed E-state index contributed by atoms with van der Waals surface area (Å²) in [6.45, 7) is 2.46. The maximum Gasteiger partial charge on any atom is 0.338 e. The van der Waals surface area contributed by atoms with Crippen molar-refractivity contribution >= 4 is 29.2 Å². The van der Waals surface area contributed by atoms with E-state index >= 15 is 0 Å². The predicted octanol–water partition coefficient (Wildman–Crippen LogP) is 3.65. The highest BCUT2D eigenvalue weighted by Crippen LogP contribution is 2.14. The fourth-order valence-electron chi connectivity index (χ4n) is 2.12. The summed E-state index contributed by atoms with van der Waals surface area (Å²) in [5.74, 6) is -0.896. The molecule has 6 nitrogen and oxygen atoms in total. The molecule has 0 aliphatic heterocycles. The van der Waals surface area contributed by atoms with Crippen molar-refractivity contribution in [1.29, 1.82) is 5.26 Å². The molecule has 0 spiro atoms. The van der Waals surface area contributed by atoms with E-state index in [0.717, 1.165) is 5.56 Å². The Morgan fingerprint density at radius 3 is 2.41 bits per heavy atom. The lowest BCUT2D eigenvalue weighted by Gasteiger charge is -2.06. The maximum absolute atomic E-state index is 12.1. The minimum Gasteiger partial charge on any atom is -0.462 e. The van der Waals surface area contributed by atoms with E-state index in [-0.39, 0.29) is 11.5 Å². The maximum atomic E-state index is 12.1. The number of halogens is 1. The Kier molecular flexibility index (Phi) is 7.41. The van der Waals surface area contributed by atoms with Crippen LogP contribution in [0.5, 0.6) is 0 Å². The van der Waals surface area contributed by atoms with Crippen molar-refractivity contribution < 1.29 is 14.3 Å². The van der Waals surface area contributed by atoms with Crippen molar-refractivity contribution in [3.05, 3.63) is 76.5 Å². The van der Waals surface area contributed by atoms with Gasteiger partial charge in [0.2, 0.25) is 0 Å². The third kappa shape index (κ3) is 6.17. The van der Waals surface area contributed by atoms with E-state index < -0.39 is 5.91 Å². The average Bonchev–Trinajstić information content (AvgIpc) is 2.67. The SMILES string of the molecule is CCOC(=O)c1ccc(CN/C=C(/C#N)C(=O)Nc2ccc(Cl)cc2)cc1. The van der Waals surface area contributed by atoms with Crippen LogP contribution in [0.1, 0.15) is 22.8 Å². The zero-order chi connectivity index (χ0) is 19.6. The number of nitriles is 1. The van der Waals surface area contributed by atoms with Crippen molar-refractivity contribution in [1.82, 2.24) is 5.32 Å². The van der Waals surface area contributed by atoms with Gasteiger partial charge >= 0.3 is 5.97 Å². The smallest absolute Gasteiger partial charge is 0.338 e. The molecule has 0 unspecified atom stereocenters. The van der Waals surface area contributed by atoms with Gasteiger partial charge in [-0.05, 0) is 48.9 Å². The van der Waals surface area contributed by atoms with Crippen LogP contribution >= 0.6 is 11.6 Å². The molecular formula is C20H18ClN3O3. The fraction of sp³-hybridized carbons (Fsp3) is 0.150. The van der Waals surface area contributed by atoms with Gasteiger partial charge in [0.05, 0.1) is 12.2 Å². The number of ether oxygens (including phenoxy) is 1.